The maximum absolute atomic E-state index is 6.44. The number of hydrogen-bond donors (Lipinski definition) is 0. The van der Waals surface area contributed by atoms with Gasteiger partial charge in [0.05, 0.1) is 16.7 Å². The second kappa shape index (κ2) is 14.3. The van der Waals surface area contributed by atoms with Gasteiger partial charge in [-0.15, -0.1) is 0 Å². The van der Waals surface area contributed by atoms with Gasteiger partial charge in [0.2, 0.25) is 0 Å². The molecular weight excluding hydrogens is 741 g/mol. The van der Waals surface area contributed by atoms with Crippen molar-refractivity contribution in [2.24, 2.45) is 0 Å². The minimum absolute atomic E-state index is 0.861. The molecule has 12 rings (SSSR count). The van der Waals surface area contributed by atoms with Crippen molar-refractivity contribution in [3.05, 3.63) is 231 Å². The topological polar surface area (TPSA) is 21.3 Å². The van der Waals surface area contributed by atoms with Crippen LogP contribution in [0.2, 0.25) is 0 Å². The van der Waals surface area contributed by atoms with Gasteiger partial charge in [0.15, 0.2) is 0 Å². The molecule has 0 radical (unpaired) electrons. The Bertz CT molecular complexity index is 3580. The Balaban J connectivity index is 1.04. The third kappa shape index (κ3) is 5.82. The first-order chi connectivity index (χ1) is 30.3. The van der Waals surface area contributed by atoms with Gasteiger partial charge in [0, 0.05) is 50.2 Å². The Kier molecular flexibility index (Phi) is 8.17. The molecule has 0 aliphatic carbocycles. The van der Waals surface area contributed by atoms with E-state index in [1.807, 2.05) is 12.1 Å². The van der Waals surface area contributed by atoms with Crippen LogP contribution in [0.1, 0.15) is 0 Å². The number of anilines is 3. The van der Waals surface area contributed by atoms with Crippen LogP contribution in [0, 0.1) is 0 Å². The molecule has 3 nitrogen and oxygen atoms in total. The third-order valence-corrected chi connectivity index (χ3v) is 12.2. The summed E-state index contributed by atoms with van der Waals surface area (Å²) in [6.45, 7) is 0. The summed E-state index contributed by atoms with van der Waals surface area (Å²) >= 11 is 0. The summed E-state index contributed by atoms with van der Waals surface area (Å²) in [5.74, 6) is 0. The molecule has 0 N–H and O–H groups in total. The fourth-order valence-corrected chi connectivity index (χ4v) is 9.41. The molecule has 2 aromatic heterocycles. The minimum atomic E-state index is 0.861. The molecule has 10 aromatic carbocycles. The van der Waals surface area contributed by atoms with Gasteiger partial charge in [-0.25, -0.2) is 0 Å². The quantitative estimate of drug-likeness (QED) is 0.161. The molecule has 0 bridgehead atoms. The van der Waals surface area contributed by atoms with Crippen LogP contribution in [0.25, 0.3) is 93.6 Å². The molecule has 0 fully saturated rings. The predicted molar refractivity (Wildman–Crippen MR) is 257 cm³/mol. The number of fused-ring (bicyclic) bond motifs is 8. The third-order valence-electron chi connectivity index (χ3n) is 12.2. The minimum Gasteiger partial charge on any atom is -0.456 e. The van der Waals surface area contributed by atoms with Crippen LogP contribution in [-0.4, -0.2) is 4.57 Å². The summed E-state index contributed by atoms with van der Waals surface area (Å²) in [7, 11) is 0. The lowest BCUT2D eigenvalue weighted by Crippen LogP contribution is -2.10. The summed E-state index contributed by atoms with van der Waals surface area (Å²) in [5, 5.41) is 7.24. The van der Waals surface area contributed by atoms with Crippen molar-refractivity contribution >= 4 is 71.6 Å². The van der Waals surface area contributed by atoms with Crippen LogP contribution >= 0.6 is 0 Å². The molecule has 0 atom stereocenters. The van der Waals surface area contributed by atoms with Crippen LogP contribution in [0.4, 0.5) is 17.1 Å². The van der Waals surface area contributed by atoms with Crippen molar-refractivity contribution in [1.29, 1.82) is 0 Å². The molecule has 2 heterocycles. The van der Waals surface area contributed by atoms with Crippen molar-refractivity contribution in [1.82, 2.24) is 4.57 Å². The van der Waals surface area contributed by atoms with Crippen LogP contribution in [0.3, 0.4) is 0 Å². The van der Waals surface area contributed by atoms with E-state index in [1.54, 1.807) is 0 Å². The molecule has 0 amide bonds. The van der Waals surface area contributed by atoms with E-state index in [0.717, 1.165) is 55.8 Å². The average molecular weight is 779 g/mol. The Morgan fingerprint density at radius 3 is 1.80 bits per heavy atom. The van der Waals surface area contributed by atoms with Crippen molar-refractivity contribution in [2.45, 2.75) is 0 Å². The van der Waals surface area contributed by atoms with Gasteiger partial charge in [-0.2, -0.15) is 0 Å². The average Bonchev–Trinajstić information content (AvgIpc) is 3.88. The van der Waals surface area contributed by atoms with Crippen LogP contribution in [-0.2, 0) is 0 Å². The van der Waals surface area contributed by atoms with E-state index in [2.05, 4.69) is 228 Å². The standard InChI is InChI=1S/C58H38N2O/c1-3-15-39(16-4-1)40-29-32-44(33-30-40)59(46-34-35-50-49-23-9-12-28-55(49)61-56(50)38-46)45-21-13-20-43(37-45)47-22-7-10-26-52(47)60-53-27-11-8-24-51(53)58-54(60)36-31-42-19-14-25-48(57(42)58)41-17-5-2-6-18-41/h1-38H. The zero-order chi connectivity index (χ0) is 40.3. The summed E-state index contributed by atoms with van der Waals surface area (Å²) in [5.41, 5.74) is 15.5. The molecular formula is C58H38N2O. The van der Waals surface area contributed by atoms with Gasteiger partial charge in [-0.05, 0) is 99.3 Å². The first-order valence-electron chi connectivity index (χ1n) is 20.8. The summed E-state index contributed by atoms with van der Waals surface area (Å²) < 4.78 is 8.90. The molecule has 0 saturated heterocycles. The number of aromatic nitrogens is 1. The SMILES string of the molecule is c1ccc(-c2ccc(N(c3cccc(-c4ccccc4-n4c5ccccc5c5c6c(-c7ccccc7)cccc6ccc54)c3)c3ccc4c(c3)oc3ccccc34)cc2)cc1. The van der Waals surface area contributed by atoms with Gasteiger partial charge in [-0.3, -0.25) is 0 Å². The molecule has 0 unspecified atom stereocenters. The first-order valence-corrected chi connectivity index (χ1v) is 20.8. The van der Waals surface area contributed by atoms with Crippen LogP contribution in [0.15, 0.2) is 235 Å². The van der Waals surface area contributed by atoms with E-state index in [0.29, 0.717) is 0 Å². The van der Waals surface area contributed by atoms with E-state index in [9.17, 15) is 0 Å². The molecule has 286 valence electrons. The lowest BCUT2D eigenvalue weighted by Gasteiger charge is -2.26. The molecule has 0 spiro atoms. The van der Waals surface area contributed by atoms with Gasteiger partial charge in [0.1, 0.15) is 11.2 Å². The van der Waals surface area contributed by atoms with E-state index < -0.39 is 0 Å². The van der Waals surface area contributed by atoms with Gasteiger partial charge < -0.3 is 13.9 Å². The summed E-state index contributed by atoms with van der Waals surface area (Å²) in [4.78, 5) is 2.34. The van der Waals surface area contributed by atoms with Crippen LogP contribution < -0.4 is 4.90 Å². The number of benzene rings is 10. The maximum atomic E-state index is 6.44. The molecule has 0 aliphatic heterocycles. The zero-order valence-electron chi connectivity index (χ0n) is 33.2. The summed E-state index contributed by atoms with van der Waals surface area (Å²) in [6, 6.07) is 82.9. The Morgan fingerprint density at radius 1 is 0.328 bits per heavy atom. The van der Waals surface area contributed by atoms with Crippen molar-refractivity contribution in [2.75, 3.05) is 4.90 Å². The monoisotopic (exact) mass is 778 g/mol. The molecule has 0 aliphatic rings. The molecule has 61 heavy (non-hydrogen) atoms. The lowest BCUT2D eigenvalue weighted by atomic mass is 9.94. The fourth-order valence-electron chi connectivity index (χ4n) is 9.41. The molecule has 12 aromatic rings. The normalized spacial score (nSPS) is 11.6. The van der Waals surface area contributed by atoms with Crippen molar-refractivity contribution in [3.63, 3.8) is 0 Å². The Hall–Kier alpha value is -8.14. The van der Waals surface area contributed by atoms with Crippen molar-refractivity contribution < 1.29 is 4.42 Å². The highest BCUT2D eigenvalue weighted by Crippen LogP contribution is 2.44. The number of hydrogen-bond acceptors (Lipinski definition) is 2. The number of furan rings is 1. The smallest absolute Gasteiger partial charge is 0.137 e. The second-order valence-electron chi connectivity index (χ2n) is 15.7. The van der Waals surface area contributed by atoms with Crippen molar-refractivity contribution in [3.8, 4) is 39.1 Å². The van der Waals surface area contributed by atoms with E-state index >= 15 is 0 Å². The van der Waals surface area contributed by atoms with E-state index in [1.165, 1.54) is 54.8 Å². The van der Waals surface area contributed by atoms with E-state index in [-0.39, 0.29) is 0 Å². The largest absolute Gasteiger partial charge is 0.456 e. The predicted octanol–water partition coefficient (Wildman–Crippen LogP) is 16.3. The Morgan fingerprint density at radius 2 is 0.951 bits per heavy atom. The fraction of sp³-hybridized carbons (Fsp3) is 0. The summed E-state index contributed by atoms with van der Waals surface area (Å²) in [6.07, 6.45) is 0. The van der Waals surface area contributed by atoms with Gasteiger partial charge in [0.25, 0.3) is 0 Å². The van der Waals surface area contributed by atoms with Gasteiger partial charge in [-0.1, -0.05) is 164 Å². The van der Waals surface area contributed by atoms with E-state index in [4.69, 9.17) is 4.42 Å². The highest BCUT2D eigenvalue weighted by atomic mass is 16.3. The van der Waals surface area contributed by atoms with Crippen LogP contribution in [0.5, 0.6) is 0 Å². The Labute approximate surface area is 353 Å². The highest BCUT2D eigenvalue weighted by Gasteiger charge is 2.21. The molecule has 3 heteroatoms. The second-order valence-corrected chi connectivity index (χ2v) is 15.7. The number of nitrogens with zero attached hydrogens (tertiary/aromatic N) is 2. The van der Waals surface area contributed by atoms with Gasteiger partial charge >= 0.3 is 0 Å². The lowest BCUT2D eigenvalue weighted by molar-refractivity contribution is 0.669. The maximum Gasteiger partial charge on any atom is 0.137 e. The number of rotatable bonds is 7. The first kappa shape index (κ1) is 34.9. The molecule has 0 saturated carbocycles. The zero-order valence-corrected chi connectivity index (χ0v) is 33.2. The highest BCUT2D eigenvalue weighted by molar-refractivity contribution is 6.25. The number of para-hydroxylation sites is 3.